The third-order valence-electron chi connectivity index (χ3n) is 6.37. The van der Waals surface area contributed by atoms with Crippen LogP contribution in [0.25, 0.3) is 10.9 Å². The van der Waals surface area contributed by atoms with Gasteiger partial charge in [0, 0.05) is 30.8 Å². The van der Waals surface area contributed by atoms with Crippen LogP contribution in [0.4, 0.5) is 4.39 Å². The molecule has 6 heteroatoms. The number of amides is 1. The van der Waals surface area contributed by atoms with Gasteiger partial charge < -0.3 is 19.4 Å². The van der Waals surface area contributed by atoms with Gasteiger partial charge in [0.05, 0.1) is 12.6 Å². The molecule has 32 heavy (non-hydrogen) atoms. The summed E-state index contributed by atoms with van der Waals surface area (Å²) in [5.74, 6) is 0.645. The number of benzene rings is 2. The number of aryl methyl sites for hydroxylation is 2. The Bertz CT molecular complexity index is 1110. The van der Waals surface area contributed by atoms with Gasteiger partial charge in [-0.25, -0.2) is 4.39 Å². The van der Waals surface area contributed by atoms with Crippen LogP contribution in [0.5, 0.6) is 5.75 Å². The van der Waals surface area contributed by atoms with Crippen LogP contribution in [0, 0.1) is 5.82 Å². The number of fused-ring (bicyclic) bond motifs is 2. The third-order valence-corrected chi connectivity index (χ3v) is 6.37. The van der Waals surface area contributed by atoms with Gasteiger partial charge in [-0.1, -0.05) is 13.0 Å². The van der Waals surface area contributed by atoms with Crippen molar-refractivity contribution in [3.63, 3.8) is 0 Å². The molecule has 0 radical (unpaired) electrons. The fourth-order valence-corrected chi connectivity index (χ4v) is 4.81. The molecule has 3 aromatic rings. The lowest BCUT2D eigenvalue weighted by atomic mass is 9.87. The van der Waals surface area contributed by atoms with Crippen LogP contribution in [0.3, 0.4) is 0 Å². The maximum atomic E-state index is 13.8. The van der Waals surface area contributed by atoms with E-state index >= 15 is 0 Å². The standard InChI is InChI=1S/C26H31FN2O3/c1-4-17-12-18-10-11-29(26(30)16-31-3)24(22(18)14-25(17)32-5-2)9-6-19-15-28-23-8-7-20(27)13-21(19)23/h7-8,12-15,24,28H,4-6,9-11,16H2,1-3H3. The Morgan fingerprint density at radius 3 is 2.81 bits per heavy atom. The van der Waals surface area contributed by atoms with Gasteiger partial charge in [-0.2, -0.15) is 0 Å². The van der Waals surface area contributed by atoms with E-state index in [1.165, 1.54) is 17.2 Å². The summed E-state index contributed by atoms with van der Waals surface area (Å²) in [6.07, 6.45) is 5.13. The van der Waals surface area contributed by atoms with Gasteiger partial charge in [-0.3, -0.25) is 4.79 Å². The minimum Gasteiger partial charge on any atom is -0.494 e. The summed E-state index contributed by atoms with van der Waals surface area (Å²) in [7, 11) is 1.55. The zero-order valence-electron chi connectivity index (χ0n) is 19.0. The Labute approximate surface area is 188 Å². The molecule has 0 aliphatic carbocycles. The van der Waals surface area contributed by atoms with Gasteiger partial charge in [-0.15, -0.1) is 0 Å². The van der Waals surface area contributed by atoms with Crippen molar-refractivity contribution in [3.05, 3.63) is 64.6 Å². The quantitative estimate of drug-likeness (QED) is 0.540. The molecule has 1 aliphatic rings. The zero-order valence-corrected chi connectivity index (χ0v) is 19.0. The van der Waals surface area contributed by atoms with Crippen LogP contribution < -0.4 is 4.74 Å². The lowest BCUT2D eigenvalue weighted by molar-refractivity contribution is -0.138. The molecule has 4 rings (SSSR count). The number of nitrogens with zero attached hydrogens (tertiary/aromatic N) is 1. The van der Waals surface area contributed by atoms with Crippen LogP contribution in [0.15, 0.2) is 36.5 Å². The van der Waals surface area contributed by atoms with E-state index in [1.54, 1.807) is 19.2 Å². The van der Waals surface area contributed by atoms with Crippen molar-refractivity contribution >= 4 is 16.8 Å². The summed E-state index contributed by atoms with van der Waals surface area (Å²) in [6, 6.07) is 9.09. The van der Waals surface area contributed by atoms with Crippen molar-refractivity contribution in [1.29, 1.82) is 0 Å². The van der Waals surface area contributed by atoms with Gasteiger partial charge in [-0.05, 0) is 79.1 Å². The fourth-order valence-electron chi connectivity index (χ4n) is 4.81. The first-order valence-corrected chi connectivity index (χ1v) is 11.4. The molecule has 1 unspecified atom stereocenters. The molecule has 0 bridgehead atoms. The molecule has 5 nitrogen and oxygen atoms in total. The van der Waals surface area contributed by atoms with Crippen molar-refractivity contribution < 1.29 is 18.7 Å². The van der Waals surface area contributed by atoms with Crippen LogP contribution in [-0.4, -0.2) is 42.7 Å². The molecule has 0 saturated heterocycles. The molecule has 1 aromatic heterocycles. The number of rotatable bonds is 8. The molecule has 1 N–H and O–H groups in total. The molecule has 0 fully saturated rings. The Morgan fingerprint density at radius 1 is 1.22 bits per heavy atom. The second-order valence-electron chi connectivity index (χ2n) is 8.27. The highest BCUT2D eigenvalue weighted by Gasteiger charge is 2.31. The lowest BCUT2D eigenvalue weighted by Gasteiger charge is -2.38. The Hall–Kier alpha value is -2.86. The topological polar surface area (TPSA) is 54.6 Å². The van der Waals surface area contributed by atoms with E-state index in [0.717, 1.165) is 53.5 Å². The smallest absolute Gasteiger partial charge is 0.249 e. The van der Waals surface area contributed by atoms with Gasteiger partial charge in [0.2, 0.25) is 5.91 Å². The van der Waals surface area contributed by atoms with Crippen LogP contribution in [0.2, 0.25) is 0 Å². The number of halogens is 1. The molecule has 0 saturated carbocycles. The Morgan fingerprint density at radius 2 is 2.06 bits per heavy atom. The highest BCUT2D eigenvalue weighted by atomic mass is 19.1. The molecule has 2 heterocycles. The molecule has 170 valence electrons. The monoisotopic (exact) mass is 438 g/mol. The maximum absolute atomic E-state index is 13.8. The predicted molar refractivity (Wildman–Crippen MR) is 124 cm³/mol. The number of carbonyl (C=O) groups excluding carboxylic acids is 1. The average molecular weight is 439 g/mol. The van der Waals surface area contributed by atoms with E-state index in [0.29, 0.717) is 13.2 Å². The van der Waals surface area contributed by atoms with Gasteiger partial charge >= 0.3 is 0 Å². The number of hydrogen-bond donors (Lipinski definition) is 1. The first kappa shape index (κ1) is 22.3. The van der Waals surface area contributed by atoms with Gasteiger partial charge in [0.25, 0.3) is 0 Å². The largest absolute Gasteiger partial charge is 0.494 e. The number of hydrogen-bond acceptors (Lipinski definition) is 3. The molecule has 1 atom stereocenters. The van der Waals surface area contributed by atoms with E-state index in [2.05, 4.69) is 24.0 Å². The third kappa shape index (κ3) is 4.37. The SMILES string of the molecule is CCOc1cc2c(cc1CC)CCN(C(=O)COC)C2CCc1c[nH]c2ccc(F)cc12. The zero-order chi connectivity index (χ0) is 22.7. The van der Waals surface area contributed by atoms with Gasteiger partial charge in [0.15, 0.2) is 0 Å². The van der Waals surface area contributed by atoms with E-state index in [1.807, 2.05) is 18.0 Å². The number of carbonyl (C=O) groups is 1. The molecule has 2 aromatic carbocycles. The molecular weight excluding hydrogens is 407 g/mol. The van der Waals surface area contributed by atoms with E-state index in [4.69, 9.17) is 9.47 Å². The van der Waals surface area contributed by atoms with Crippen molar-refractivity contribution in [2.24, 2.45) is 0 Å². The summed E-state index contributed by atoms with van der Waals surface area (Å²) in [5.41, 5.74) is 5.60. The summed E-state index contributed by atoms with van der Waals surface area (Å²) < 4.78 is 24.9. The second kappa shape index (κ2) is 9.74. The molecule has 0 spiro atoms. The van der Waals surface area contributed by atoms with E-state index < -0.39 is 0 Å². The van der Waals surface area contributed by atoms with Crippen LogP contribution in [-0.2, 0) is 28.8 Å². The number of aromatic nitrogens is 1. The first-order valence-electron chi connectivity index (χ1n) is 11.4. The summed E-state index contributed by atoms with van der Waals surface area (Å²) in [6.45, 7) is 5.45. The Balaban J connectivity index is 1.69. The number of methoxy groups -OCH3 is 1. The molecule has 1 aliphatic heterocycles. The van der Waals surface area contributed by atoms with Gasteiger partial charge in [0.1, 0.15) is 18.2 Å². The highest BCUT2D eigenvalue weighted by Crippen LogP contribution is 2.38. The van der Waals surface area contributed by atoms with Crippen LogP contribution in [0.1, 0.15) is 48.6 Å². The second-order valence-corrected chi connectivity index (χ2v) is 8.27. The summed E-state index contributed by atoms with van der Waals surface area (Å²) >= 11 is 0. The number of nitrogens with one attached hydrogen (secondary N) is 1. The van der Waals surface area contributed by atoms with Crippen LogP contribution >= 0.6 is 0 Å². The van der Waals surface area contributed by atoms with Crippen molar-refractivity contribution in [1.82, 2.24) is 9.88 Å². The fraction of sp³-hybridized carbons (Fsp3) is 0.423. The Kier molecular flexibility index (Phi) is 6.80. The number of ether oxygens (including phenoxy) is 2. The molecular formula is C26H31FN2O3. The minimum atomic E-state index is -0.244. The number of aromatic amines is 1. The number of H-pyrrole nitrogens is 1. The van der Waals surface area contributed by atoms with Crippen molar-refractivity contribution in [2.45, 2.75) is 45.6 Å². The maximum Gasteiger partial charge on any atom is 0.249 e. The predicted octanol–water partition coefficient (Wildman–Crippen LogP) is 4.97. The summed E-state index contributed by atoms with van der Waals surface area (Å²) in [4.78, 5) is 18.0. The van der Waals surface area contributed by atoms with Crippen molar-refractivity contribution in [3.8, 4) is 5.75 Å². The highest BCUT2D eigenvalue weighted by molar-refractivity contribution is 5.83. The minimum absolute atomic E-state index is 0.00866. The first-order chi connectivity index (χ1) is 15.5. The normalized spacial score (nSPS) is 15.8. The average Bonchev–Trinajstić information content (AvgIpc) is 3.19. The van der Waals surface area contributed by atoms with Crippen molar-refractivity contribution in [2.75, 3.05) is 26.9 Å². The molecule has 1 amide bonds. The summed E-state index contributed by atoms with van der Waals surface area (Å²) in [5, 5.41) is 0.895. The van der Waals surface area contributed by atoms with E-state index in [9.17, 15) is 9.18 Å². The lowest BCUT2D eigenvalue weighted by Crippen LogP contribution is -2.42. The van der Waals surface area contributed by atoms with E-state index in [-0.39, 0.29) is 24.4 Å².